The Bertz CT molecular complexity index is 533. The Balaban J connectivity index is 2.50. The quantitative estimate of drug-likeness (QED) is 0.589. The van der Waals surface area contributed by atoms with Gasteiger partial charge >= 0.3 is 0 Å². The third-order valence-corrected chi connectivity index (χ3v) is 4.38. The SMILES string of the molecule is C#CCSCCNC(C)c1ccc(S(N)(=O)=O)cc1. The molecule has 0 heterocycles. The van der Waals surface area contributed by atoms with E-state index < -0.39 is 10.0 Å². The van der Waals surface area contributed by atoms with E-state index in [1.165, 1.54) is 12.1 Å². The van der Waals surface area contributed by atoms with Crippen molar-refractivity contribution >= 4 is 21.8 Å². The van der Waals surface area contributed by atoms with Crippen LogP contribution in [0.4, 0.5) is 0 Å². The maximum atomic E-state index is 11.1. The van der Waals surface area contributed by atoms with Crippen molar-refractivity contribution in [2.75, 3.05) is 18.1 Å². The lowest BCUT2D eigenvalue weighted by atomic mass is 10.1. The summed E-state index contributed by atoms with van der Waals surface area (Å²) in [7, 11) is -3.62. The van der Waals surface area contributed by atoms with Gasteiger partial charge in [-0.25, -0.2) is 13.6 Å². The topological polar surface area (TPSA) is 72.2 Å². The van der Waals surface area contributed by atoms with Gasteiger partial charge in [0.2, 0.25) is 10.0 Å². The van der Waals surface area contributed by atoms with Gasteiger partial charge in [-0.2, -0.15) is 0 Å². The highest BCUT2D eigenvalue weighted by atomic mass is 32.2. The smallest absolute Gasteiger partial charge is 0.238 e. The van der Waals surface area contributed by atoms with E-state index in [2.05, 4.69) is 11.2 Å². The standard InChI is InChI=1S/C13H18N2O2S2/c1-3-9-18-10-8-15-11(2)12-4-6-13(7-5-12)19(14,16)17/h1,4-7,11,15H,8-10H2,2H3,(H2,14,16,17). The minimum absolute atomic E-state index is 0.132. The largest absolute Gasteiger partial charge is 0.309 e. The number of nitrogens with one attached hydrogen (secondary N) is 1. The van der Waals surface area contributed by atoms with Crippen molar-refractivity contribution < 1.29 is 8.42 Å². The first-order chi connectivity index (χ1) is 8.95. The Kier molecular flexibility index (Phi) is 6.38. The van der Waals surface area contributed by atoms with Crippen LogP contribution in [0.3, 0.4) is 0 Å². The zero-order valence-corrected chi connectivity index (χ0v) is 12.4. The van der Waals surface area contributed by atoms with Crippen molar-refractivity contribution in [2.45, 2.75) is 17.9 Å². The highest BCUT2D eigenvalue weighted by Crippen LogP contribution is 2.15. The number of hydrogen-bond donors (Lipinski definition) is 2. The third kappa shape index (κ3) is 5.66. The fraction of sp³-hybridized carbons (Fsp3) is 0.385. The fourth-order valence-electron chi connectivity index (χ4n) is 1.54. The zero-order chi connectivity index (χ0) is 14.3. The lowest BCUT2D eigenvalue weighted by Crippen LogP contribution is -2.21. The number of thioether (sulfide) groups is 1. The minimum Gasteiger partial charge on any atom is -0.309 e. The average Bonchev–Trinajstić information content (AvgIpc) is 2.37. The lowest BCUT2D eigenvalue weighted by molar-refractivity contribution is 0.594. The van der Waals surface area contributed by atoms with E-state index in [1.807, 2.05) is 6.92 Å². The molecule has 0 amide bonds. The number of hydrogen-bond acceptors (Lipinski definition) is 4. The molecule has 0 aromatic heterocycles. The van der Waals surface area contributed by atoms with Crippen LogP contribution in [0, 0.1) is 12.3 Å². The molecule has 0 spiro atoms. The molecule has 1 aromatic carbocycles. The van der Waals surface area contributed by atoms with Crippen LogP contribution in [-0.2, 0) is 10.0 Å². The Hall–Kier alpha value is -1.00. The Morgan fingerprint density at radius 1 is 1.42 bits per heavy atom. The molecule has 1 unspecified atom stereocenters. The second-order valence-electron chi connectivity index (χ2n) is 4.05. The average molecular weight is 298 g/mol. The molecule has 0 aliphatic rings. The molecule has 0 aliphatic heterocycles. The summed E-state index contributed by atoms with van der Waals surface area (Å²) in [6.07, 6.45) is 5.16. The lowest BCUT2D eigenvalue weighted by Gasteiger charge is -2.14. The van der Waals surface area contributed by atoms with Crippen LogP contribution < -0.4 is 10.5 Å². The first-order valence-electron chi connectivity index (χ1n) is 5.82. The van der Waals surface area contributed by atoms with Crippen LogP contribution in [-0.4, -0.2) is 26.5 Å². The number of terminal acetylenes is 1. The van der Waals surface area contributed by atoms with E-state index in [9.17, 15) is 8.42 Å². The van der Waals surface area contributed by atoms with Crippen LogP contribution in [0.15, 0.2) is 29.2 Å². The molecule has 6 heteroatoms. The summed E-state index contributed by atoms with van der Waals surface area (Å²) < 4.78 is 22.3. The molecule has 0 fully saturated rings. The predicted molar refractivity (Wildman–Crippen MR) is 80.4 cm³/mol. The van der Waals surface area contributed by atoms with Crippen molar-refractivity contribution in [1.82, 2.24) is 5.32 Å². The van der Waals surface area contributed by atoms with Crippen LogP contribution in [0.1, 0.15) is 18.5 Å². The molecule has 0 aliphatic carbocycles. The third-order valence-electron chi connectivity index (χ3n) is 2.59. The minimum atomic E-state index is -3.62. The molecule has 4 nitrogen and oxygen atoms in total. The number of benzene rings is 1. The highest BCUT2D eigenvalue weighted by molar-refractivity contribution is 7.99. The van der Waals surface area contributed by atoms with Gasteiger partial charge in [0, 0.05) is 18.3 Å². The van der Waals surface area contributed by atoms with Gasteiger partial charge in [0.15, 0.2) is 0 Å². The van der Waals surface area contributed by atoms with Gasteiger partial charge in [-0.15, -0.1) is 18.2 Å². The first kappa shape index (κ1) is 16.1. The van der Waals surface area contributed by atoms with Gasteiger partial charge in [-0.1, -0.05) is 18.1 Å². The molecule has 0 bridgehead atoms. The second kappa shape index (κ2) is 7.56. The van der Waals surface area contributed by atoms with Crippen molar-refractivity contribution in [2.24, 2.45) is 5.14 Å². The van der Waals surface area contributed by atoms with E-state index in [4.69, 9.17) is 11.6 Å². The predicted octanol–water partition coefficient (Wildman–Crippen LogP) is 1.35. The summed E-state index contributed by atoms with van der Waals surface area (Å²) >= 11 is 1.70. The molecule has 19 heavy (non-hydrogen) atoms. The Labute approximate surface area is 119 Å². The number of nitrogens with two attached hydrogens (primary N) is 1. The van der Waals surface area contributed by atoms with Gasteiger partial charge in [0.1, 0.15) is 0 Å². The van der Waals surface area contributed by atoms with Crippen LogP contribution in [0.5, 0.6) is 0 Å². The summed E-state index contributed by atoms with van der Waals surface area (Å²) in [6.45, 7) is 2.88. The van der Waals surface area contributed by atoms with Crippen molar-refractivity contribution in [3.8, 4) is 12.3 Å². The molecule has 104 valence electrons. The molecule has 0 radical (unpaired) electrons. The van der Waals surface area contributed by atoms with E-state index in [0.29, 0.717) is 0 Å². The second-order valence-corrected chi connectivity index (χ2v) is 6.71. The molecular weight excluding hydrogens is 280 g/mol. The van der Waals surface area contributed by atoms with Gasteiger partial charge in [0.25, 0.3) is 0 Å². The molecule has 1 aromatic rings. The summed E-state index contributed by atoms with van der Waals surface area (Å²) in [4.78, 5) is 0.132. The number of rotatable bonds is 7. The first-order valence-corrected chi connectivity index (χ1v) is 8.52. The van der Waals surface area contributed by atoms with E-state index in [-0.39, 0.29) is 10.9 Å². The number of sulfonamides is 1. The number of primary sulfonamides is 1. The summed E-state index contributed by atoms with van der Waals surface area (Å²) in [6, 6.07) is 6.74. The molecule has 1 rings (SSSR count). The van der Waals surface area contributed by atoms with Crippen LogP contribution in [0.2, 0.25) is 0 Å². The van der Waals surface area contributed by atoms with Gasteiger partial charge in [0.05, 0.1) is 10.6 Å². The maximum Gasteiger partial charge on any atom is 0.238 e. The van der Waals surface area contributed by atoms with E-state index >= 15 is 0 Å². The summed E-state index contributed by atoms with van der Waals surface area (Å²) in [5, 5.41) is 8.39. The van der Waals surface area contributed by atoms with Gasteiger partial charge < -0.3 is 5.32 Å². The highest BCUT2D eigenvalue weighted by Gasteiger charge is 2.09. The van der Waals surface area contributed by atoms with Crippen LogP contribution >= 0.6 is 11.8 Å². The normalized spacial score (nSPS) is 12.9. The molecule has 0 saturated heterocycles. The Morgan fingerprint density at radius 3 is 2.58 bits per heavy atom. The molecule has 3 N–H and O–H groups in total. The van der Waals surface area contributed by atoms with E-state index in [1.54, 1.807) is 23.9 Å². The van der Waals surface area contributed by atoms with Crippen molar-refractivity contribution in [1.29, 1.82) is 0 Å². The fourth-order valence-corrected chi connectivity index (χ4v) is 2.58. The zero-order valence-electron chi connectivity index (χ0n) is 10.8. The van der Waals surface area contributed by atoms with Crippen molar-refractivity contribution in [3.05, 3.63) is 29.8 Å². The molecule has 0 saturated carbocycles. The van der Waals surface area contributed by atoms with Gasteiger partial charge in [-0.05, 0) is 24.6 Å². The maximum absolute atomic E-state index is 11.1. The molecule has 1 atom stereocenters. The van der Waals surface area contributed by atoms with Crippen LogP contribution in [0.25, 0.3) is 0 Å². The van der Waals surface area contributed by atoms with E-state index in [0.717, 1.165) is 23.6 Å². The van der Waals surface area contributed by atoms with Crippen molar-refractivity contribution in [3.63, 3.8) is 0 Å². The monoisotopic (exact) mass is 298 g/mol. The summed E-state index contributed by atoms with van der Waals surface area (Å²) in [5.41, 5.74) is 1.02. The molecular formula is C13H18N2O2S2. The van der Waals surface area contributed by atoms with Gasteiger partial charge in [-0.3, -0.25) is 0 Å². The Morgan fingerprint density at radius 2 is 2.05 bits per heavy atom. The summed E-state index contributed by atoms with van der Waals surface area (Å²) in [5.74, 6) is 4.24.